The molecule has 1 N–H and O–H groups in total. The molecule has 7 heteroatoms. The van der Waals surface area contributed by atoms with E-state index >= 15 is 0 Å². The zero-order valence-electron chi connectivity index (χ0n) is 16.4. The Labute approximate surface area is 174 Å². The molecular formula is C22H22ClNO5. The van der Waals surface area contributed by atoms with Gasteiger partial charge in [-0.25, -0.2) is 0 Å². The first kappa shape index (κ1) is 20.9. The summed E-state index contributed by atoms with van der Waals surface area (Å²) < 4.78 is 10.3. The highest BCUT2D eigenvalue weighted by atomic mass is 35.5. The fourth-order valence-corrected chi connectivity index (χ4v) is 3.68. The van der Waals surface area contributed by atoms with E-state index in [9.17, 15) is 14.7 Å². The molecule has 0 spiro atoms. The summed E-state index contributed by atoms with van der Waals surface area (Å²) in [4.78, 5) is 27.1. The van der Waals surface area contributed by atoms with E-state index < -0.39 is 17.7 Å². The van der Waals surface area contributed by atoms with Gasteiger partial charge in [-0.15, -0.1) is 0 Å². The van der Waals surface area contributed by atoms with Crippen LogP contribution in [-0.4, -0.2) is 49.1 Å². The number of halogens is 1. The van der Waals surface area contributed by atoms with Crippen LogP contribution in [0, 0.1) is 6.92 Å². The Morgan fingerprint density at radius 2 is 1.90 bits per heavy atom. The largest absolute Gasteiger partial charge is 0.507 e. The predicted molar refractivity (Wildman–Crippen MR) is 110 cm³/mol. The summed E-state index contributed by atoms with van der Waals surface area (Å²) in [5.41, 5.74) is 1.87. The van der Waals surface area contributed by atoms with Crippen LogP contribution in [0.3, 0.4) is 0 Å². The summed E-state index contributed by atoms with van der Waals surface area (Å²) in [7, 11) is 3.01. The highest BCUT2D eigenvalue weighted by molar-refractivity contribution is 6.47. The summed E-state index contributed by atoms with van der Waals surface area (Å²) in [6.07, 6.45) is 0. The average Bonchev–Trinajstić information content (AvgIpc) is 2.97. The van der Waals surface area contributed by atoms with Gasteiger partial charge < -0.3 is 19.5 Å². The van der Waals surface area contributed by atoms with E-state index in [4.69, 9.17) is 21.1 Å². The highest BCUT2D eigenvalue weighted by Gasteiger charge is 2.46. The minimum absolute atomic E-state index is 0.00411. The van der Waals surface area contributed by atoms with Gasteiger partial charge in [-0.3, -0.25) is 9.59 Å². The molecule has 1 saturated heterocycles. The molecule has 0 aliphatic carbocycles. The van der Waals surface area contributed by atoms with Gasteiger partial charge in [0, 0.05) is 19.2 Å². The Morgan fingerprint density at radius 3 is 2.55 bits per heavy atom. The molecule has 0 radical (unpaired) electrons. The van der Waals surface area contributed by atoms with Crippen LogP contribution in [-0.2, 0) is 14.3 Å². The number of methoxy groups -OCH3 is 2. The summed E-state index contributed by atoms with van der Waals surface area (Å²) in [6, 6.07) is 11.4. The number of rotatable bonds is 6. The molecule has 2 aromatic rings. The van der Waals surface area contributed by atoms with Gasteiger partial charge in [0.05, 0.1) is 30.4 Å². The molecule has 29 heavy (non-hydrogen) atoms. The Bertz CT molecular complexity index is 985. The Hall–Kier alpha value is -2.83. The number of Topliss-reactive ketones (excluding diaryl/α,β-unsaturated/α-hetero) is 1. The van der Waals surface area contributed by atoms with E-state index in [-0.39, 0.29) is 35.1 Å². The van der Waals surface area contributed by atoms with Crippen LogP contribution in [0.4, 0.5) is 0 Å². The van der Waals surface area contributed by atoms with Crippen LogP contribution in [0.1, 0.15) is 22.7 Å². The molecule has 1 aliphatic heterocycles. The number of benzene rings is 2. The van der Waals surface area contributed by atoms with E-state index in [0.29, 0.717) is 5.75 Å². The molecule has 1 unspecified atom stereocenters. The number of hydrogen-bond acceptors (Lipinski definition) is 5. The maximum atomic E-state index is 12.9. The smallest absolute Gasteiger partial charge is 0.295 e. The van der Waals surface area contributed by atoms with Gasteiger partial charge in [0.25, 0.3) is 11.7 Å². The van der Waals surface area contributed by atoms with Crippen LogP contribution < -0.4 is 4.74 Å². The standard InChI is InChI=1S/C22H22ClNO5/c1-13-6-4-5-7-15(13)19-18(21(26)22(27)24(19)10-11-28-2)20(25)16-12-14(29-3)8-9-17(16)23/h4-9,12,19,25H,10-11H2,1-3H3/b20-18+. The van der Waals surface area contributed by atoms with Crippen molar-refractivity contribution in [2.75, 3.05) is 27.4 Å². The molecule has 2 aromatic carbocycles. The van der Waals surface area contributed by atoms with Gasteiger partial charge in [-0.05, 0) is 36.2 Å². The minimum atomic E-state index is -0.759. The number of hydrogen-bond donors (Lipinski definition) is 1. The SMILES string of the molecule is COCCN1C(=O)C(=O)/C(=C(/O)c2cc(OC)ccc2Cl)C1c1ccccc1C. The second-order valence-electron chi connectivity index (χ2n) is 6.69. The fraction of sp³-hybridized carbons (Fsp3) is 0.273. The number of ketones is 1. The lowest BCUT2D eigenvalue weighted by atomic mass is 9.92. The lowest BCUT2D eigenvalue weighted by molar-refractivity contribution is -0.140. The summed E-state index contributed by atoms with van der Waals surface area (Å²) in [5, 5.41) is 11.3. The second-order valence-corrected chi connectivity index (χ2v) is 7.09. The van der Waals surface area contributed by atoms with Crippen molar-refractivity contribution in [1.82, 2.24) is 4.90 Å². The lowest BCUT2D eigenvalue weighted by Crippen LogP contribution is -2.32. The van der Waals surface area contributed by atoms with Gasteiger partial charge in [0.15, 0.2) is 0 Å². The minimum Gasteiger partial charge on any atom is -0.507 e. The Kier molecular flexibility index (Phi) is 6.25. The third-order valence-corrected chi connectivity index (χ3v) is 5.32. The van der Waals surface area contributed by atoms with E-state index in [2.05, 4.69) is 0 Å². The highest BCUT2D eigenvalue weighted by Crippen LogP contribution is 2.41. The Morgan fingerprint density at radius 1 is 1.17 bits per heavy atom. The third-order valence-electron chi connectivity index (χ3n) is 4.99. The molecule has 0 aromatic heterocycles. The summed E-state index contributed by atoms with van der Waals surface area (Å²) in [6.45, 7) is 2.36. The van der Waals surface area contributed by atoms with Crippen LogP contribution in [0.2, 0.25) is 5.02 Å². The van der Waals surface area contributed by atoms with E-state index in [1.54, 1.807) is 12.1 Å². The van der Waals surface area contributed by atoms with Gasteiger partial charge in [0.1, 0.15) is 11.5 Å². The number of aliphatic hydroxyl groups is 1. The van der Waals surface area contributed by atoms with Crippen molar-refractivity contribution >= 4 is 29.1 Å². The van der Waals surface area contributed by atoms with Crippen molar-refractivity contribution in [3.05, 3.63) is 69.8 Å². The lowest BCUT2D eigenvalue weighted by Gasteiger charge is -2.26. The molecule has 0 saturated carbocycles. The molecular weight excluding hydrogens is 394 g/mol. The average molecular weight is 416 g/mol. The van der Waals surface area contributed by atoms with Crippen LogP contribution in [0.5, 0.6) is 5.75 Å². The number of nitrogens with zero attached hydrogens (tertiary/aromatic N) is 1. The number of carbonyl (C=O) groups excluding carboxylic acids is 2. The van der Waals surface area contributed by atoms with Crippen LogP contribution in [0.25, 0.3) is 5.76 Å². The first-order valence-electron chi connectivity index (χ1n) is 9.07. The number of aryl methyl sites for hydroxylation is 1. The van der Waals surface area contributed by atoms with Crippen molar-refractivity contribution in [2.45, 2.75) is 13.0 Å². The van der Waals surface area contributed by atoms with Gasteiger partial charge >= 0.3 is 0 Å². The van der Waals surface area contributed by atoms with Crippen LogP contribution in [0.15, 0.2) is 48.0 Å². The van der Waals surface area contributed by atoms with Crippen molar-refractivity contribution < 1.29 is 24.2 Å². The molecule has 0 bridgehead atoms. The van der Waals surface area contributed by atoms with Crippen LogP contribution >= 0.6 is 11.6 Å². The molecule has 3 rings (SSSR count). The van der Waals surface area contributed by atoms with Gasteiger partial charge in [0.2, 0.25) is 0 Å². The number of carbonyl (C=O) groups is 2. The number of likely N-dealkylation sites (tertiary alicyclic amines) is 1. The second kappa shape index (κ2) is 8.68. The Balaban J connectivity index is 2.24. The fourth-order valence-electron chi connectivity index (χ4n) is 3.48. The van der Waals surface area contributed by atoms with Crippen molar-refractivity contribution in [3.8, 4) is 5.75 Å². The third kappa shape index (κ3) is 3.86. The monoisotopic (exact) mass is 415 g/mol. The zero-order chi connectivity index (χ0) is 21.1. The quantitative estimate of drug-likeness (QED) is 0.442. The van der Waals surface area contributed by atoms with Gasteiger partial charge in [-0.1, -0.05) is 35.9 Å². The normalized spacial score (nSPS) is 18.3. The van der Waals surface area contributed by atoms with Crippen molar-refractivity contribution in [1.29, 1.82) is 0 Å². The maximum absolute atomic E-state index is 12.9. The number of amides is 1. The number of aliphatic hydroxyl groups excluding tert-OH is 1. The topological polar surface area (TPSA) is 76.1 Å². The van der Waals surface area contributed by atoms with E-state index in [1.807, 2.05) is 31.2 Å². The van der Waals surface area contributed by atoms with E-state index in [0.717, 1.165) is 11.1 Å². The van der Waals surface area contributed by atoms with E-state index in [1.165, 1.54) is 25.2 Å². The molecule has 1 atom stereocenters. The summed E-state index contributed by atoms with van der Waals surface area (Å²) >= 11 is 6.28. The molecule has 152 valence electrons. The molecule has 6 nitrogen and oxygen atoms in total. The van der Waals surface area contributed by atoms with Crippen molar-refractivity contribution in [3.63, 3.8) is 0 Å². The van der Waals surface area contributed by atoms with Crippen molar-refractivity contribution in [2.24, 2.45) is 0 Å². The molecule has 1 heterocycles. The number of ether oxygens (including phenoxy) is 2. The van der Waals surface area contributed by atoms with Gasteiger partial charge in [-0.2, -0.15) is 0 Å². The maximum Gasteiger partial charge on any atom is 0.295 e. The molecule has 1 amide bonds. The predicted octanol–water partition coefficient (Wildman–Crippen LogP) is 3.73. The molecule has 1 fully saturated rings. The zero-order valence-corrected chi connectivity index (χ0v) is 17.2. The summed E-state index contributed by atoms with van der Waals surface area (Å²) in [5.74, 6) is -1.31. The molecule has 1 aliphatic rings. The first-order chi connectivity index (χ1) is 13.9. The first-order valence-corrected chi connectivity index (χ1v) is 9.45.